The molecule has 1 atom stereocenters. The van der Waals surface area contributed by atoms with Crippen LogP contribution in [0, 0.1) is 6.92 Å². The number of amides is 1. The van der Waals surface area contributed by atoms with E-state index in [0.29, 0.717) is 39.9 Å². The van der Waals surface area contributed by atoms with Gasteiger partial charge in [0.15, 0.2) is 6.10 Å². The molecule has 0 aliphatic rings. The highest BCUT2D eigenvalue weighted by molar-refractivity contribution is 9.10. The summed E-state index contributed by atoms with van der Waals surface area (Å²) in [6.45, 7) is 4.49. The molecule has 0 aliphatic heterocycles. The second kappa shape index (κ2) is 9.80. The SMILES string of the molecule is COCCOc1cc(C)ccc1NC(=O)C(C)Oc1ccc(Cl)cc1Br. The maximum absolute atomic E-state index is 12.5. The largest absolute Gasteiger partial charge is 0.489 e. The maximum atomic E-state index is 12.5. The molecule has 0 aliphatic carbocycles. The third kappa shape index (κ3) is 5.90. The number of methoxy groups -OCH3 is 1. The van der Waals surface area contributed by atoms with E-state index in [-0.39, 0.29) is 5.91 Å². The predicted molar refractivity (Wildman–Crippen MR) is 106 cm³/mol. The van der Waals surface area contributed by atoms with E-state index in [9.17, 15) is 4.79 Å². The van der Waals surface area contributed by atoms with Crippen LogP contribution < -0.4 is 14.8 Å². The average Bonchev–Trinajstić information content (AvgIpc) is 2.59. The molecule has 2 rings (SSSR count). The van der Waals surface area contributed by atoms with Gasteiger partial charge in [-0.2, -0.15) is 0 Å². The number of carbonyl (C=O) groups is 1. The van der Waals surface area contributed by atoms with Gasteiger partial charge in [-0.1, -0.05) is 17.7 Å². The van der Waals surface area contributed by atoms with E-state index in [1.807, 2.05) is 19.1 Å². The van der Waals surface area contributed by atoms with Crippen molar-refractivity contribution < 1.29 is 19.0 Å². The molecule has 140 valence electrons. The zero-order valence-electron chi connectivity index (χ0n) is 14.8. The number of hydrogen-bond acceptors (Lipinski definition) is 4. The number of rotatable bonds is 8. The number of nitrogens with one attached hydrogen (secondary N) is 1. The normalized spacial score (nSPS) is 11.7. The van der Waals surface area contributed by atoms with Crippen LogP contribution in [0.3, 0.4) is 0 Å². The number of ether oxygens (including phenoxy) is 3. The number of carbonyl (C=O) groups excluding carboxylic acids is 1. The zero-order valence-corrected chi connectivity index (χ0v) is 17.2. The first-order chi connectivity index (χ1) is 12.4. The third-order valence-corrected chi connectivity index (χ3v) is 4.36. The molecule has 0 spiro atoms. The Morgan fingerprint density at radius 2 is 1.96 bits per heavy atom. The van der Waals surface area contributed by atoms with E-state index in [0.717, 1.165) is 5.56 Å². The standard InChI is InChI=1S/C19H21BrClNO4/c1-12-4-6-16(18(10-12)25-9-8-24-3)22-19(23)13(2)26-17-7-5-14(21)11-15(17)20/h4-7,10-11,13H,8-9H2,1-3H3,(H,22,23). The molecule has 7 heteroatoms. The van der Waals surface area contributed by atoms with Crippen LogP contribution in [-0.4, -0.2) is 32.3 Å². The second-order valence-electron chi connectivity index (χ2n) is 5.66. The molecule has 1 amide bonds. The third-order valence-electron chi connectivity index (χ3n) is 3.51. The summed E-state index contributed by atoms with van der Waals surface area (Å²) < 4.78 is 17.1. The highest BCUT2D eigenvalue weighted by Crippen LogP contribution is 2.30. The fourth-order valence-corrected chi connectivity index (χ4v) is 2.91. The van der Waals surface area contributed by atoms with Crippen molar-refractivity contribution in [2.45, 2.75) is 20.0 Å². The topological polar surface area (TPSA) is 56.8 Å². The van der Waals surface area contributed by atoms with E-state index in [4.69, 9.17) is 25.8 Å². The minimum Gasteiger partial charge on any atom is -0.489 e. The van der Waals surface area contributed by atoms with Crippen molar-refractivity contribution >= 4 is 39.1 Å². The van der Waals surface area contributed by atoms with Crippen LogP contribution in [0.4, 0.5) is 5.69 Å². The van der Waals surface area contributed by atoms with Crippen molar-refractivity contribution in [1.82, 2.24) is 0 Å². The lowest BCUT2D eigenvalue weighted by Gasteiger charge is -2.18. The number of benzene rings is 2. The summed E-state index contributed by atoms with van der Waals surface area (Å²) in [5.41, 5.74) is 1.62. The number of aryl methyl sites for hydroxylation is 1. The first-order valence-electron chi connectivity index (χ1n) is 8.05. The Labute approximate surface area is 166 Å². The molecule has 0 aromatic heterocycles. The quantitative estimate of drug-likeness (QED) is 0.594. The van der Waals surface area contributed by atoms with Crippen LogP contribution in [0.25, 0.3) is 0 Å². The van der Waals surface area contributed by atoms with Crippen LogP contribution in [0.2, 0.25) is 5.02 Å². The molecule has 1 unspecified atom stereocenters. The van der Waals surface area contributed by atoms with Crippen molar-refractivity contribution in [3.05, 3.63) is 51.5 Å². The number of hydrogen-bond donors (Lipinski definition) is 1. The lowest BCUT2D eigenvalue weighted by molar-refractivity contribution is -0.122. The van der Waals surface area contributed by atoms with Crippen LogP contribution in [0.1, 0.15) is 12.5 Å². The Hall–Kier alpha value is -1.76. The van der Waals surface area contributed by atoms with Crippen molar-refractivity contribution in [3.63, 3.8) is 0 Å². The van der Waals surface area contributed by atoms with Crippen molar-refractivity contribution in [2.24, 2.45) is 0 Å². The van der Waals surface area contributed by atoms with Crippen LogP contribution >= 0.6 is 27.5 Å². The number of halogens is 2. The predicted octanol–water partition coefficient (Wildman–Crippen LogP) is 4.84. The molecular weight excluding hydrogens is 422 g/mol. The Balaban J connectivity index is 2.06. The minimum atomic E-state index is -0.708. The van der Waals surface area contributed by atoms with E-state index in [2.05, 4.69) is 21.2 Å². The first-order valence-corrected chi connectivity index (χ1v) is 9.22. The van der Waals surface area contributed by atoms with Crippen molar-refractivity contribution in [3.8, 4) is 11.5 Å². The minimum absolute atomic E-state index is 0.285. The van der Waals surface area contributed by atoms with E-state index < -0.39 is 6.10 Å². The van der Waals surface area contributed by atoms with Crippen LogP contribution in [0.15, 0.2) is 40.9 Å². The number of anilines is 1. The van der Waals surface area contributed by atoms with Gasteiger partial charge in [0.05, 0.1) is 16.8 Å². The summed E-state index contributed by atoms with van der Waals surface area (Å²) >= 11 is 9.29. The van der Waals surface area contributed by atoms with Gasteiger partial charge < -0.3 is 19.5 Å². The molecule has 2 aromatic carbocycles. The molecular formula is C19H21BrClNO4. The van der Waals surface area contributed by atoms with Crippen molar-refractivity contribution in [1.29, 1.82) is 0 Å². The highest BCUT2D eigenvalue weighted by Gasteiger charge is 2.18. The van der Waals surface area contributed by atoms with Crippen molar-refractivity contribution in [2.75, 3.05) is 25.6 Å². The lowest BCUT2D eigenvalue weighted by Crippen LogP contribution is -2.30. The molecule has 5 nitrogen and oxygen atoms in total. The first kappa shape index (κ1) is 20.6. The Morgan fingerprint density at radius 1 is 1.19 bits per heavy atom. The summed E-state index contributed by atoms with van der Waals surface area (Å²) in [4.78, 5) is 12.5. The summed E-state index contributed by atoms with van der Waals surface area (Å²) in [7, 11) is 1.61. The van der Waals surface area contributed by atoms with E-state index >= 15 is 0 Å². The smallest absolute Gasteiger partial charge is 0.265 e. The molecule has 0 fully saturated rings. The molecule has 0 bridgehead atoms. The highest BCUT2D eigenvalue weighted by atomic mass is 79.9. The summed E-state index contributed by atoms with van der Waals surface area (Å²) in [5.74, 6) is 0.847. The fourth-order valence-electron chi connectivity index (χ4n) is 2.14. The van der Waals surface area contributed by atoms with Gasteiger partial charge in [-0.25, -0.2) is 0 Å². The second-order valence-corrected chi connectivity index (χ2v) is 6.96. The fraction of sp³-hybridized carbons (Fsp3) is 0.316. The molecule has 0 heterocycles. The molecule has 1 N–H and O–H groups in total. The summed E-state index contributed by atoms with van der Waals surface area (Å²) in [5, 5.41) is 3.43. The average molecular weight is 443 g/mol. The molecule has 0 radical (unpaired) electrons. The van der Waals surface area contributed by atoms with Gasteiger partial charge in [0, 0.05) is 12.1 Å². The van der Waals surface area contributed by atoms with Gasteiger partial charge in [0.1, 0.15) is 18.1 Å². The molecule has 0 saturated heterocycles. The van der Waals surface area contributed by atoms with Gasteiger partial charge in [-0.3, -0.25) is 4.79 Å². The van der Waals surface area contributed by atoms with Gasteiger partial charge >= 0.3 is 0 Å². The summed E-state index contributed by atoms with van der Waals surface area (Å²) in [6.07, 6.45) is -0.708. The van der Waals surface area contributed by atoms with Crippen LogP contribution in [0.5, 0.6) is 11.5 Å². The Morgan fingerprint density at radius 3 is 2.65 bits per heavy atom. The summed E-state index contributed by atoms with van der Waals surface area (Å²) in [6, 6.07) is 10.7. The Bertz CT molecular complexity index is 769. The molecule has 2 aromatic rings. The Kier molecular flexibility index (Phi) is 7.75. The monoisotopic (exact) mass is 441 g/mol. The van der Waals surface area contributed by atoms with Crippen LogP contribution in [-0.2, 0) is 9.53 Å². The van der Waals surface area contributed by atoms with Gasteiger partial charge in [0.2, 0.25) is 0 Å². The van der Waals surface area contributed by atoms with Gasteiger partial charge in [-0.15, -0.1) is 0 Å². The maximum Gasteiger partial charge on any atom is 0.265 e. The lowest BCUT2D eigenvalue weighted by atomic mass is 10.2. The zero-order chi connectivity index (χ0) is 19.1. The van der Waals surface area contributed by atoms with Gasteiger partial charge in [0.25, 0.3) is 5.91 Å². The molecule has 26 heavy (non-hydrogen) atoms. The van der Waals surface area contributed by atoms with E-state index in [1.54, 1.807) is 38.3 Å². The van der Waals surface area contributed by atoms with E-state index in [1.165, 1.54) is 0 Å². The van der Waals surface area contributed by atoms with Gasteiger partial charge in [-0.05, 0) is 65.7 Å². The molecule has 0 saturated carbocycles.